The van der Waals surface area contributed by atoms with Crippen molar-refractivity contribution in [2.24, 2.45) is 4.99 Å². The van der Waals surface area contributed by atoms with Crippen LogP contribution in [0.3, 0.4) is 0 Å². The number of aliphatic imine (C=N–C) groups is 1. The summed E-state index contributed by atoms with van der Waals surface area (Å²) in [5.74, 6) is 0.637. The van der Waals surface area contributed by atoms with Gasteiger partial charge in [0, 0.05) is 44.8 Å². The Bertz CT molecular complexity index is 690. The number of nitrogens with one attached hydrogen (secondary N) is 3. The van der Waals surface area contributed by atoms with Crippen LogP contribution in [-0.2, 0) is 11.3 Å². The van der Waals surface area contributed by atoms with Gasteiger partial charge in [-0.2, -0.15) is 0 Å². The molecule has 1 aromatic rings. The number of ether oxygens (including phenoxy) is 1. The normalized spacial score (nSPS) is 14.6. The number of piperidine rings is 1. The van der Waals surface area contributed by atoms with Gasteiger partial charge in [-0.25, -0.2) is 4.79 Å². The molecule has 9 heteroatoms. The van der Waals surface area contributed by atoms with E-state index in [0.29, 0.717) is 44.3 Å². The van der Waals surface area contributed by atoms with Gasteiger partial charge < -0.3 is 25.6 Å². The van der Waals surface area contributed by atoms with Gasteiger partial charge in [0.05, 0.1) is 6.61 Å². The largest absolute Gasteiger partial charge is 0.450 e. The zero-order valence-electron chi connectivity index (χ0n) is 17.4. The van der Waals surface area contributed by atoms with Crippen LogP contribution in [0.4, 0.5) is 4.79 Å². The van der Waals surface area contributed by atoms with Crippen LogP contribution in [0.1, 0.15) is 42.6 Å². The summed E-state index contributed by atoms with van der Waals surface area (Å²) < 4.78 is 5.05. The van der Waals surface area contributed by atoms with Gasteiger partial charge >= 0.3 is 6.09 Å². The van der Waals surface area contributed by atoms with E-state index < -0.39 is 0 Å². The molecule has 1 aliphatic rings. The van der Waals surface area contributed by atoms with Gasteiger partial charge in [0.1, 0.15) is 0 Å². The van der Waals surface area contributed by atoms with Crippen molar-refractivity contribution in [1.29, 1.82) is 0 Å². The van der Waals surface area contributed by atoms with Crippen LogP contribution in [0.2, 0.25) is 0 Å². The zero-order chi connectivity index (χ0) is 20.4. The fourth-order valence-electron chi connectivity index (χ4n) is 3.08. The summed E-state index contributed by atoms with van der Waals surface area (Å²) >= 11 is 0. The van der Waals surface area contributed by atoms with Crippen molar-refractivity contribution < 1.29 is 14.3 Å². The summed E-state index contributed by atoms with van der Waals surface area (Å²) in [5, 5.41) is 9.50. The van der Waals surface area contributed by atoms with Gasteiger partial charge in [-0.15, -0.1) is 24.0 Å². The third kappa shape index (κ3) is 8.08. The minimum absolute atomic E-state index is 0. The molecule has 0 unspecified atom stereocenters. The number of carbonyl (C=O) groups excluding carboxylic acids is 2. The predicted octanol–water partition coefficient (Wildman–Crippen LogP) is 2.34. The molecule has 0 aliphatic carbocycles. The molecule has 3 N–H and O–H groups in total. The summed E-state index contributed by atoms with van der Waals surface area (Å²) in [5.41, 5.74) is 1.65. The molecule has 2 rings (SSSR count). The number of hydrogen-bond acceptors (Lipinski definition) is 4. The highest BCUT2D eigenvalue weighted by atomic mass is 127. The van der Waals surface area contributed by atoms with E-state index in [9.17, 15) is 9.59 Å². The van der Waals surface area contributed by atoms with Crippen LogP contribution in [0, 0.1) is 0 Å². The lowest BCUT2D eigenvalue weighted by molar-refractivity contribution is 0.0950. The van der Waals surface area contributed by atoms with Crippen LogP contribution in [0.5, 0.6) is 0 Å². The number of halogens is 1. The average Bonchev–Trinajstić information content (AvgIpc) is 2.72. The maximum Gasteiger partial charge on any atom is 0.409 e. The van der Waals surface area contributed by atoms with Crippen LogP contribution in [0.25, 0.3) is 0 Å². The second-order valence-corrected chi connectivity index (χ2v) is 6.59. The quantitative estimate of drug-likeness (QED) is 0.306. The first-order valence-electron chi connectivity index (χ1n) is 9.83. The van der Waals surface area contributed by atoms with Crippen molar-refractivity contribution in [2.45, 2.75) is 39.3 Å². The highest BCUT2D eigenvalue weighted by Gasteiger charge is 2.24. The molecule has 1 saturated heterocycles. The van der Waals surface area contributed by atoms with Gasteiger partial charge in [0.25, 0.3) is 5.91 Å². The van der Waals surface area contributed by atoms with E-state index in [2.05, 4.69) is 20.9 Å². The molecule has 162 valence electrons. The Morgan fingerprint density at radius 2 is 1.93 bits per heavy atom. The van der Waals surface area contributed by atoms with Gasteiger partial charge in [-0.05, 0) is 44.4 Å². The van der Waals surface area contributed by atoms with E-state index in [0.717, 1.165) is 18.4 Å². The Labute approximate surface area is 189 Å². The first-order chi connectivity index (χ1) is 13.6. The highest BCUT2D eigenvalue weighted by Crippen LogP contribution is 2.11. The summed E-state index contributed by atoms with van der Waals surface area (Å²) in [6.45, 7) is 6.62. The van der Waals surface area contributed by atoms with Gasteiger partial charge in [0.15, 0.2) is 5.96 Å². The molecule has 29 heavy (non-hydrogen) atoms. The molecule has 2 amide bonds. The summed E-state index contributed by atoms with van der Waals surface area (Å²) in [7, 11) is 1.73. The Morgan fingerprint density at radius 3 is 2.55 bits per heavy atom. The molecule has 0 bridgehead atoms. The molecular weight excluding hydrogens is 485 g/mol. The molecule has 1 aliphatic heterocycles. The maximum absolute atomic E-state index is 12.0. The molecule has 1 fully saturated rings. The van der Waals surface area contributed by atoms with Gasteiger partial charge in [-0.3, -0.25) is 9.79 Å². The van der Waals surface area contributed by atoms with E-state index in [1.165, 1.54) is 0 Å². The molecule has 1 heterocycles. The van der Waals surface area contributed by atoms with Crippen molar-refractivity contribution >= 4 is 41.9 Å². The Morgan fingerprint density at radius 1 is 1.21 bits per heavy atom. The Kier molecular flexibility index (Phi) is 11.4. The van der Waals surface area contributed by atoms with E-state index >= 15 is 0 Å². The lowest BCUT2D eigenvalue weighted by atomic mass is 10.1. The molecule has 0 aromatic heterocycles. The number of rotatable bonds is 6. The monoisotopic (exact) mass is 517 g/mol. The zero-order valence-corrected chi connectivity index (χ0v) is 19.7. The van der Waals surface area contributed by atoms with E-state index in [1.807, 2.05) is 32.0 Å². The van der Waals surface area contributed by atoms with E-state index in [1.54, 1.807) is 18.0 Å². The number of guanidine groups is 1. The van der Waals surface area contributed by atoms with Gasteiger partial charge in [-0.1, -0.05) is 12.1 Å². The molecule has 1 aromatic carbocycles. The van der Waals surface area contributed by atoms with E-state index in [4.69, 9.17) is 4.74 Å². The number of benzene rings is 1. The minimum Gasteiger partial charge on any atom is -0.450 e. The van der Waals surface area contributed by atoms with Crippen molar-refractivity contribution in [1.82, 2.24) is 20.9 Å². The standard InChI is InChI=1S/C20H31N5O3.HI/c1-4-22-18(26)16-8-6-7-15(13-16)14-23-19(21-3)24-17-9-11-25(12-10-17)20(27)28-5-2;/h6-8,13,17H,4-5,9-12,14H2,1-3H3,(H,22,26)(H2,21,23,24);1H. The van der Waals surface area contributed by atoms with Crippen LogP contribution in [0.15, 0.2) is 29.3 Å². The number of nitrogens with zero attached hydrogens (tertiary/aromatic N) is 2. The molecule has 0 saturated carbocycles. The third-order valence-corrected chi connectivity index (χ3v) is 4.57. The molecule has 0 spiro atoms. The Balaban J connectivity index is 0.00000420. The predicted molar refractivity (Wildman–Crippen MR) is 125 cm³/mol. The van der Waals surface area contributed by atoms with Crippen molar-refractivity contribution in [3.8, 4) is 0 Å². The lowest BCUT2D eigenvalue weighted by Crippen LogP contribution is -2.49. The second kappa shape index (κ2) is 13.2. The molecular formula is C20H32IN5O3. The third-order valence-electron chi connectivity index (χ3n) is 4.57. The van der Waals surface area contributed by atoms with E-state index in [-0.39, 0.29) is 42.0 Å². The van der Waals surface area contributed by atoms with Crippen molar-refractivity contribution in [3.05, 3.63) is 35.4 Å². The molecule has 0 atom stereocenters. The highest BCUT2D eigenvalue weighted by molar-refractivity contribution is 14.0. The van der Waals surface area contributed by atoms with Gasteiger partial charge in [0.2, 0.25) is 0 Å². The fourth-order valence-corrected chi connectivity index (χ4v) is 3.08. The fraction of sp³-hybridized carbons (Fsp3) is 0.550. The topological polar surface area (TPSA) is 95.1 Å². The van der Waals surface area contributed by atoms with Crippen LogP contribution >= 0.6 is 24.0 Å². The second-order valence-electron chi connectivity index (χ2n) is 6.59. The summed E-state index contributed by atoms with van der Waals surface area (Å²) in [6.07, 6.45) is 1.44. The Hall–Kier alpha value is -2.04. The number of carbonyl (C=O) groups is 2. The summed E-state index contributed by atoms with van der Waals surface area (Å²) in [6, 6.07) is 7.78. The number of likely N-dealkylation sites (tertiary alicyclic amines) is 1. The summed E-state index contributed by atoms with van der Waals surface area (Å²) in [4.78, 5) is 29.8. The maximum atomic E-state index is 12.0. The number of amides is 2. The smallest absolute Gasteiger partial charge is 0.409 e. The lowest BCUT2D eigenvalue weighted by Gasteiger charge is -2.32. The van der Waals surface area contributed by atoms with Crippen molar-refractivity contribution in [2.75, 3.05) is 33.3 Å². The van der Waals surface area contributed by atoms with Crippen molar-refractivity contribution in [3.63, 3.8) is 0 Å². The van der Waals surface area contributed by atoms with Crippen LogP contribution in [-0.4, -0.2) is 62.2 Å². The molecule has 8 nitrogen and oxygen atoms in total. The SMILES string of the molecule is CCNC(=O)c1cccc(CNC(=NC)NC2CCN(C(=O)OCC)CC2)c1.I. The minimum atomic E-state index is -0.240. The first-order valence-corrected chi connectivity index (χ1v) is 9.83. The molecule has 0 radical (unpaired) electrons. The average molecular weight is 517 g/mol. The first kappa shape index (κ1) is 25.0. The van der Waals surface area contributed by atoms with Crippen LogP contribution < -0.4 is 16.0 Å². The number of hydrogen-bond donors (Lipinski definition) is 3.